The van der Waals surface area contributed by atoms with E-state index in [2.05, 4.69) is 19.2 Å². The Morgan fingerprint density at radius 1 is 1.46 bits per heavy atom. The predicted molar refractivity (Wildman–Crippen MR) is 50.7 cm³/mol. The lowest BCUT2D eigenvalue weighted by atomic mass is 9.88. The minimum absolute atomic E-state index is 0.377. The Kier molecular flexibility index (Phi) is 2.58. The monoisotopic (exact) mass is 185 g/mol. The van der Waals surface area contributed by atoms with Gasteiger partial charge < -0.3 is 14.8 Å². The zero-order valence-corrected chi connectivity index (χ0v) is 8.51. The Bertz CT molecular complexity index is 180. The van der Waals surface area contributed by atoms with Crippen LogP contribution in [0.25, 0.3) is 0 Å². The van der Waals surface area contributed by atoms with Gasteiger partial charge in [0.05, 0.1) is 19.3 Å². The number of ether oxygens (including phenoxy) is 2. The van der Waals surface area contributed by atoms with Gasteiger partial charge in [0.2, 0.25) is 0 Å². The first-order valence-corrected chi connectivity index (χ1v) is 5.12. The minimum atomic E-state index is 0.377. The first kappa shape index (κ1) is 9.44. The highest BCUT2D eigenvalue weighted by Crippen LogP contribution is 2.26. The van der Waals surface area contributed by atoms with Crippen molar-refractivity contribution in [2.24, 2.45) is 5.41 Å². The van der Waals surface area contributed by atoms with Crippen LogP contribution in [0.3, 0.4) is 0 Å². The van der Waals surface area contributed by atoms with Crippen molar-refractivity contribution in [3.8, 4) is 0 Å². The first-order chi connectivity index (χ1) is 6.20. The molecule has 2 heterocycles. The molecule has 0 radical (unpaired) electrons. The lowest BCUT2D eigenvalue weighted by Crippen LogP contribution is -2.50. The molecule has 2 fully saturated rings. The highest BCUT2D eigenvalue weighted by molar-refractivity contribution is 4.87. The van der Waals surface area contributed by atoms with Crippen LogP contribution in [-0.2, 0) is 9.47 Å². The minimum Gasteiger partial charge on any atom is -0.380 e. The summed E-state index contributed by atoms with van der Waals surface area (Å²) in [7, 11) is 0. The van der Waals surface area contributed by atoms with Gasteiger partial charge in [0.1, 0.15) is 0 Å². The fraction of sp³-hybridized carbons (Fsp3) is 1.00. The quantitative estimate of drug-likeness (QED) is 0.705. The maximum atomic E-state index is 5.49. The number of hydrogen-bond acceptors (Lipinski definition) is 3. The second-order valence-electron chi connectivity index (χ2n) is 4.66. The van der Waals surface area contributed by atoms with Gasteiger partial charge in [0, 0.05) is 24.6 Å². The van der Waals surface area contributed by atoms with Gasteiger partial charge in [-0.25, -0.2) is 0 Å². The molecule has 0 amide bonds. The molecule has 0 aromatic carbocycles. The molecule has 3 nitrogen and oxygen atoms in total. The molecule has 1 N–H and O–H groups in total. The van der Waals surface area contributed by atoms with Crippen molar-refractivity contribution in [2.75, 3.05) is 26.4 Å². The van der Waals surface area contributed by atoms with E-state index in [9.17, 15) is 0 Å². The van der Waals surface area contributed by atoms with Crippen LogP contribution in [-0.4, -0.2) is 38.5 Å². The third-order valence-electron chi connectivity index (χ3n) is 3.07. The molecule has 2 aliphatic heterocycles. The smallest absolute Gasteiger partial charge is 0.0700 e. The Morgan fingerprint density at radius 3 is 2.69 bits per heavy atom. The standard InChI is InChI=1S/C10H19NO2/c1-8-9(3-4-13-8)11-5-10(2)6-12-7-10/h8-9,11H,3-7H2,1-2H3/t8-,9-/m1/s1. The van der Waals surface area contributed by atoms with Crippen molar-refractivity contribution >= 4 is 0 Å². The van der Waals surface area contributed by atoms with Crippen molar-refractivity contribution in [2.45, 2.75) is 32.4 Å². The van der Waals surface area contributed by atoms with E-state index >= 15 is 0 Å². The SMILES string of the molecule is C[C@H]1OCC[C@H]1NCC1(C)COC1. The topological polar surface area (TPSA) is 30.5 Å². The van der Waals surface area contributed by atoms with Crippen LogP contribution < -0.4 is 5.32 Å². The van der Waals surface area contributed by atoms with E-state index in [1.165, 1.54) is 0 Å². The predicted octanol–water partition coefficient (Wildman–Crippen LogP) is 0.790. The summed E-state index contributed by atoms with van der Waals surface area (Å²) in [5, 5.41) is 3.57. The van der Waals surface area contributed by atoms with Gasteiger partial charge >= 0.3 is 0 Å². The van der Waals surface area contributed by atoms with E-state index in [0.717, 1.165) is 32.8 Å². The van der Waals surface area contributed by atoms with Crippen molar-refractivity contribution in [1.82, 2.24) is 5.32 Å². The highest BCUT2D eigenvalue weighted by Gasteiger charge is 2.34. The Hall–Kier alpha value is -0.120. The van der Waals surface area contributed by atoms with Crippen molar-refractivity contribution < 1.29 is 9.47 Å². The molecule has 3 heteroatoms. The lowest BCUT2D eigenvalue weighted by Gasteiger charge is -2.39. The van der Waals surface area contributed by atoms with Crippen LogP contribution >= 0.6 is 0 Å². The molecule has 0 aliphatic carbocycles. The summed E-state index contributed by atoms with van der Waals surface area (Å²) in [6, 6.07) is 0.553. The third-order valence-corrected chi connectivity index (χ3v) is 3.07. The van der Waals surface area contributed by atoms with Crippen LogP contribution in [0.4, 0.5) is 0 Å². The molecular formula is C10H19NO2. The Labute approximate surface area is 79.8 Å². The normalized spacial score (nSPS) is 37.4. The summed E-state index contributed by atoms with van der Waals surface area (Å²) in [6.45, 7) is 8.19. The number of nitrogens with one attached hydrogen (secondary N) is 1. The van der Waals surface area contributed by atoms with Crippen molar-refractivity contribution in [3.05, 3.63) is 0 Å². The van der Waals surface area contributed by atoms with E-state index in [0.29, 0.717) is 17.6 Å². The zero-order valence-electron chi connectivity index (χ0n) is 8.51. The van der Waals surface area contributed by atoms with E-state index in [-0.39, 0.29) is 0 Å². The van der Waals surface area contributed by atoms with Crippen LogP contribution in [0.5, 0.6) is 0 Å². The zero-order chi connectivity index (χ0) is 9.31. The maximum Gasteiger partial charge on any atom is 0.0700 e. The van der Waals surface area contributed by atoms with Crippen molar-refractivity contribution in [3.63, 3.8) is 0 Å². The van der Waals surface area contributed by atoms with Gasteiger partial charge in [0.25, 0.3) is 0 Å². The Morgan fingerprint density at radius 2 is 2.23 bits per heavy atom. The molecule has 0 bridgehead atoms. The molecule has 0 aromatic rings. The summed E-state index contributed by atoms with van der Waals surface area (Å²) in [6.07, 6.45) is 1.53. The molecule has 2 saturated heterocycles. The molecule has 13 heavy (non-hydrogen) atoms. The largest absolute Gasteiger partial charge is 0.380 e. The van der Waals surface area contributed by atoms with Crippen LogP contribution in [0.2, 0.25) is 0 Å². The van der Waals surface area contributed by atoms with Gasteiger partial charge in [-0.15, -0.1) is 0 Å². The lowest BCUT2D eigenvalue weighted by molar-refractivity contribution is -0.100. The molecule has 2 atom stereocenters. The summed E-state index contributed by atoms with van der Waals surface area (Å²) in [5.74, 6) is 0. The van der Waals surface area contributed by atoms with Crippen molar-refractivity contribution in [1.29, 1.82) is 0 Å². The van der Waals surface area contributed by atoms with Crippen LogP contribution in [0.1, 0.15) is 20.3 Å². The molecule has 0 unspecified atom stereocenters. The fourth-order valence-electron chi connectivity index (χ4n) is 1.93. The molecular weight excluding hydrogens is 166 g/mol. The van der Waals surface area contributed by atoms with Crippen LogP contribution in [0, 0.1) is 5.41 Å². The van der Waals surface area contributed by atoms with Gasteiger partial charge in [-0.05, 0) is 13.3 Å². The van der Waals surface area contributed by atoms with Crippen LogP contribution in [0.15, 0.2) is 0 Å². The summed E-state index contributed by atoms with van der Waals surface area (Å²) in [5.41, 5.74) is 0.377. The third kappa shape index (κ3) is 2.03. The Balaban J connectivity index is 1.72. The van der Waals surface area contributed by atoms with Gasteiger partial charge in [0.15, 0.2) is 0 Å². The molecule has 0 spiro atoms. The van der Waals surface area contributed by atoms with E-state index in [1.54, 1.807) is 0 Å². The van der Waals surface area contributed by atoms with Gasteiger partial charge in [-0.1, -0.05) is 6.92 Å². The molecule has 0 saturated carbocycles. The molecule has 2 rings (SSSR count). The summed E-state index contributed by atoms with van der Waals surface area (Å²) >= 11 is 0. The van der Waals surface area contributed by atoms with E-state index < -0.39 is 0 Å². The molecule has 0 aromatic heterocycles. The molecule has 2 aliphatic rings. The average molecular weight is 185 g/mol. The van der Waals surface area contributed by atoms with E-state index in [4.69, 9.17) is 9.47 Å². The highest BCUT2D eigenvalue weighted by atomic mass is 16.5. The maximum absolute atomic E-state index is 5.49. The second-order valence-corrected chi connectivity index (χ2v) is 4.66. The number of rotatable bonds is 3. The van der Waals surface area contributed by atoms with Gasteiger partial charge in [-0.2, -0.15) is 0 Å². The summed E-state index contributed by atoms with van der Waals surface area (Å²) in [4.78, 5) is 0. The second kappa shape index (κ2) is 3.56. The van der Waals surface area contributed by atoms with Gasteiger partial charge in [-0.3, -0.25) is 0 Å². The fourth-order valence-corrected chi connectivity index (χ4v) is 1.93. The van der Waals surface area contributed by atoms with E-state index in [1.807, 2.05) is 0 Å². The molecule has 76 valence electrons. The summed E-state index contributed by atoms with van der Waals surface area (Å²) < 4.78 is 10.7. The first-order valence-electron chi connectivity index (χ1n) is 5.12. The average Bonchev–Trinajstić information content (AvgIpc) is 2.44. The number of hydrogen-bond donors (Lipinski definition) is 1.